The van der Waals surface area contributed by atoms with Gasteiger partial charge >= 0.3 is 0 Å². The average molecular weight is 144 g/mol. The van der Waals surface area contributed by atoms with Gasteiger partial charge in [0.05, 0.1) is 12.2 Å². The Morgan fingerprint density at radius 3 is 1.90 bits per heavy atom. The van der Waals surface area contributed by atoms with Crippen molar-refractivity contribution in [1.29, 1.82) is 0 Å². The minimum Gasteiger partial charge on any atom is -0.393 e. The van der Waals surface area contributed by atoms with E-state index in [1.807, 2.05) is 13.8 Å². The molecule has 0 radical (unpaired) electrons. The molecule has 1 atom stereocenters. The summed E-state index contributed by atoms with van der Waals surface area (Å²) in [5.74, 6) is 0. The fourth-order valence-corrected chi connectivity index (χ4v) is 0.424. The van der Waals surface area contributed by atoms with Crippen molar-refractivity contribution in [3.05, 3.63) is 12.7 Å². The Hall–Kier alpha value is -0.340. The van der Waals surface area contributed by atoms with Gasteiger partial charge in [0.2, 0.25) is 0 Å². The Labute approximate surface area is 62.2 Å². The molecule has 0 aromatic heterocycles. The Morgan fingerprint density at radius 1 is 1.40 bits per heavy atom. The highest BCUT2D eigenvalue weighted by molar-refractivity contribution is 5.00. The van der Waals surface area contributed by atoms with Crippen LogP contribution in [0.5, 0.6) is 0 Å². The maximum absolute atomic E-state index is 9.53. The lowest BCUT2D eigenvalue weighted by molar-refractivity contribution is -0.0664. The molecule has 0 spiro atoms. The molecule has 0 saturated carbocycles. The van der Waals surface area contributed by atoms with Gasteiger partial charge in [0.1, 0.15) is 0 Å². The van der Waals surface area contributed by atoms with Crippen LogP contribution in [0.25, 0.3) is 0 Å². The van der Waals surface area contributed by atoms with Crippen molar-refractivity contribution >= 4 is 0 Å². The molecule has 0 heterocycles. The number of aliphatic hydroxyl groups is 2. The number of rotatable bonds is 3. The largest absolute Gasteiger partial charge is 0.393 e. The van der Waals surface area contributed by atoms with Gasteiger partial charge in [-0.1, -0.05) is 19.9 Å². The molecule has 1 unspecified atom stereocenters. The van der Waals surface area contributed by atoms with Gasteiger partial charge in [0.15, 0.2) is 0 Å². The van der Waals surface area contributed by atoms with Crippen LogP contribution in [-0.4, -0.2) is 22.4 Å². The lowest BCUT2D eigenvalue weighted by Gasteiger charge is -2.35. The van der Waals surface area contributed by atoms with Crippen molar-refractivity contribution in [3.63, 3.8) is 0 Å². The highest BCUT2D eigenvalue weighted by Crippen LogP contribution is 2.30. The van der Waals surface area contributed by atoms with Crippen molar-refractivity contribution in [2.45, 2.75) is 26.4 Å². The van der Waals surface area contributed by atoms with E-state index in [2.05, 4.69) is 6.58 Å². The number of hydrogen-bond donors (Lipinski definition) is 2. The van der Waals surface area contributed by atoms with E-state index < -0.39 is 11.0 Å². The molecule has 2 nitrogen and oxygen atoms in total. The number of hydrogen-bond acceptors (Lipinski definition) is 2. The molecule has 60 valence electrons. The molecular formula is C8H16O2. The van der Waals surface area contributed by atoms with Gasteiger partial charge in [-0.3, -0.25) is 0 Å². The first-order valence-electron chi connectivity index (χ1n) is 3.34. The molecule has 0 rings (SSSR count). The Kier molecular flexibility index (Phi) is 2.63. The maximum Gasteiger partial charge on any atom is 0.0933 e. The second-order valence-electron chi connectivity index (χ2n) is 3.36. The third-order valence-corrected chi connectivity index (χ3v) is 2.21. The Morgan fingerprint density at radius 2 is 1.80 bits per heavy atom. The van der Waals surface area contributed by atoms with Crippen molar-refractivity contribution < 1.29 is 10.2 Å². The third-order valence-electron chi connectivity index (χ3n) is 2.21. The fraction of sp³-hybridized carbons (Fsp3) is 0.750. The van der Waals surface area contributed by atoms with Crippen molar-refractivity contribution in [2.75, 3.05) is 6.61 Å². The minimum absolute atomic E-state index is 0.244. The SMILES string of the molecule is C=CC(C)(C)C(C)(O)CO. The average Bonchev–Trinajstić information content (AvgIpc) is 1.88. The molecule has 10 heavy (non-hydrogen) atoms. The van der Waals surface area contributed by atoms with E-state index in [9.17, 15) is 5.11 Å². The second kappa shape index (κ2) is 2.72. The molecule has 0 fully saturated rings. The van der Waals surface area contributed by atoms with E-state index in [1.165, 1.54) is 0 Å². The molecule has 0 aliphatic heterocycles. The van der Waals surface area contributed by atoms with Crippen LogP contribution in [0.2, 0.25) is 0 Å². The summed E-state index contributed by atoms with van der Waals surface area (Å²) in [6.45, 7) is 8.58. The van der Waals surface area contributed by atoms with Crippen LogP contribution < -0.4 is 0 Å². The highest BCUT2D eigenvalue weighted by Gasteiger charge is 2.35. The van der Waals surface area contributed by atoms with Gasteiger partial charge in [-0.05, 0) is 6.92 Å². The fourth-order valence-electron chi connectivity index (χ4n) is 0.424. The highest BCUT2D eigenvalue weighted by atomic mass is 16.3. The maximum atomic E-state index is 9.53. The predicted molar refractivity (Wildman–Crippen MR) is 41.7 cm³/mol. The smallest absolute Gasteiger partial charge is 0.0933 e. The molecule has 0 saturated heterocycles. The Bertz CT molecular complexity index is 125. The molecule has 2 heteroatoms. The summed E-state index contributed by atoms with van der Waals surface area (Å²) in [6.07, 6.45) is 1.64. The summed E-state index contributed by atoms with van der Waals surface area (Å²) in [4.78, 5) is 0. The van der Waals surface area contributed by atoms with E-state index in [1.54, 1.807) is 13.0 Å². The topological polar surface area (TPSA) is 40.5 Å². The lowest BCUT2D eigenvalue weighted by Crippen LogP contribution is -2.43. The van der Waals surface area contributed by atoms with Gasteiger partial charge in [0, 0.05) is 5.41 Å². The zero-order valence-electron chi connectivity index (χ0n) is 6.89. The standard InChI is InChI=1S/C8H16O2/c1-5-7(2,3)8(4,10)6-9/h5,9-10H,1,6H2,2-4H3. The molecule has 0 aromatic carbocycles. The van der Waals surface area contributed by atoms with Crippen LogP contribution in [0.4, 0.5) is 0 Å². The summed E-state index contributed by atoms with van der Waals surface area (Å²) >= 11 is 0. The van der Waals surface area contributed by atoms with Crippen LogP contribution in [0.3, 0.4) is 0 Å². The van der Waals surface area contributed by atoms with E-state index in [4.69, 9.17) is 5.11 Å². The first-order valence-corrected chi connectivity index (χ1v) is 3.34. The first-order chi connectivity index (χ1) is 4.37. The van der Waals surface area contributed by atoms with E-state index >= 15 is 0 Å². The van der Waals surface area contributed by atoms with Crippen LogP contribution in [-0.2, 0) is 0 Å². The minimum atomic E-state index is -1.07. The zero-order valence-corrected chi connectivity index (χ0v) is 6.89. The van der Waals surface area contributed by atoms with Crippen LogP contribution in [0.15, 0.2) is 12.7 Å². The monoisotopic (exact) mass is 144 g/mol. The van der Waals surface area contributed by atoms with E-state index in [-0.39, 0.29) is 6.61 Å². The lowest BCUT2D eigenvalue weighted by atomic mass is 9.77. The molecular weight excluding hydrogens is 128 g/mol. The summed E-state index contributed by atoms with van der Waals surface area (Å²) < 4.78 is 0. The van der Waals surface area contributed by atoms with Crippen LogP contribution in [0, 0.1) is 5.41 Å². The van der Waals surface area contributed by atoms with Gasteiger partial charge < -0.3 is 10.2 Å². The van der Waals surface area contributed by atoms with Gasteiger partial charge in [-0.15, -0.1) is 6.58 Å². The van der Waals surface area contributed by atoms with Crippen molar-refractivity contribution in [3.8, 4) is 0 Å². The van der Waals surface area contributed by atoms with Crippen LogP contribution >= 0.6 is 0 Å². The van der Waals surface area contributed by atoms with Gasteiger partial charge in [0.25, 0.3) is 0 Å². The Balaban J connectivity index is 4.43. The van der Waals surface area contributed by atoms with Crippen molar-refractivity contribution in [2.24, 2.45) is 5.41 Å². The van der Waals surface area contributed by atoms with Gasteiger partial charge in [-0.2, -0.15) is 0 Å². The quantitative estimate of drug-likeness (QED) is 0.579. The first kappa shape index (κ1) is 9.66. The van der Waals surface area contributed by atoms with E-state index in [0.29, 0.717) is 0 Å². The van der Waals surface area contributed by atoms with Crippen LogP contribution in [0.1, 0.15) is 20.8 Å². The third kappa shape index (κ3) is 1.58. The molecule has 0 amide bonds. The summed E-state index contributed by atoms with van der Waals surface area (Å²) in [7, 11) is 0. The normalized spacial score (nSPS) is 18.1. The van der Waals surface area contributed by atoms with E-state index in [0.717, 1.165) is 0 Å². The molecule has 0 bridgehead atoms. The molecule has 0 aliphatic rings. The van der Waals surface area contributed by atoms with Crippen molar-refractivity contribution in [1.82, 2.24) is 0 Å². The molecule has 0 aromatic rings. The summed E-state index contributed by atoms with van der Waals surface area (Å²) in [5, 5.41) is 18.3. The zero-order chi connectivity index (χ0) is 8.41. The van der Waals surface area contributed by atoms with Gasteiger partial charge in [-0.25, -0.2) is 0 Å². The molecule has 0 aliphatic carbocycles. The molecule has 2 N–H and O–H groups in total. The summed E-state index contributed by atoms with van der Waals surface area (Å²) in [6, 6.07) is 0. The number of aliphatic hydroxyl groups excluding tert-OH is 1. The predicted octanol–water partition coefficient (Wildman–Crippen LogP) is 0.942. The second-order valence-corrected chi connectivity index (χ2v) is 3.36. The summed E-state index contributed by atoms with van der Waals surface area (Å²) in [5.41, 5.74) is -1.52.